The zero-order valence-corrected chi connectivity index (χ0v) is 23.8. The van der Waals surface area contributed by atoms with Crippen LogP contribution in [0.2, 0.25) is 0 Å². The van der Waals surface area contributed by atoms with Crippen LogP contribution < -0.4 is 16.2 Å². The molecule has 1 atom stereocenters. The number of likely N-dealkylation sites (tertiary alicyclic amines) is 1. The van der Waals surface area contributed by atoms with Crippen LogP contribution in [0.25, 0.3) is 11.0 Å². The van der Waals surface area contributed by atoms with Gasteiger partial charge in [0.1, 0.15) is 11.4 Å². The van der Waals surface area contributed by atoms with E-state index in [-0.39, 0.29) is 17.7 Å². The maximum Gasteiger partial charge on any atom is 0.264 e. The van der Waals surface area contributed by atoms with Crippen molar-refractivity contribution in [2.75, 3.05) is 45.3 Å². The Labute approximate surface area is 247 Å². The van der Waals surface area contributed by atoms with Crippen LogP contribution >= 0.6 is 0 Å². The zero-order chi connectivity index (χ0) is 30.3. The van der Waals surface area contributed by atoms with Gasteiger partial charge in [0.05, 0.1) is 36.5 Å². The molecule has 43 heavy (non-hydrogen) atoms. The molecule has 0 aliphatic carbocycles. The van der Waals surface area contributed by atoms with Crippen LogP contribution in [-0.4, -0.2) is 76.4 Å². The number of carbonyl (C=O) groups excluding carboxylic acids is 1. The number of aromatic nitrogens is 3. The number of anilines is 1. The van der Waals surface area contributed by atoms with Crippen molar-refractivity contribution in [1.82, 2.24) is 24.8 Å². The lowest BCUT2D eigenvalue weighted by atomic mass is 10.1. The van der Waals surface area contributed by atoms with E-state index in [1.54, 1.807) is 13.3 Å². The van der Waals surface area contributed by atoms with Gasteiger partial charge in [0.15, 0.2) is 11.6 Å². The number of hydrogen-bond donors (Lipinski definition) is 3. The normalized spacial score (nSPS) is 15.0. The summed E-state index contributed by atoms with van der Waals surface area (Å²) in [5.41, 5.74) is 1.53. The summed E-state index contributed by atoms with van der Waals surface area (Å²) in [4.78, 5) is 37.8. The van der Waals surface area contributed by atoms with E-state index in [0.717, 1.165) is 61.3 Å². The molecule has 2 aromatic heterocycles. The van der Waals surface area contributed by atoms with E-state index < -0.39 is 35.7 Å². The molecule has 10 nitrogen and oxygen atoms in total. The molecule has 1 aliphatic heterocycles. The van der Waals surface area contributed by atoms with Gasteiger partial charge in [0.25, 0.3) is 11.5 Å². The van der Waals surface area contributed by atoms with Crippen molar-refractivity contribution >= 4 is 22.8 Å². The van der Waals surface area contributed by atoms with Gasteiger partial charge in [-0.05, 0) is 60.4 Å². The van der Waals surface area contributed by atoms with Gasteiger partial charge in [-0.2, -0.15) is 0 Å². The number of aliphatic hydroxyl groups is 1. The molecule has 3 N–H and O–H groups in total. The number of carbonyl (C=O) groups is 1. The van der Waals surface area contributed by atoms with Crippen molar-refractivity contribution in [2.24, 2.45) is 0 Å². The molecule has 1 aliphatic rings. The highest BCUT2D eigenvalue weighted by molar-refractivity contribution is 5.93. The largest absolute Gasteiger partial charge is 0.394 e. The number of aliphatic hydroxyl groups excluding tert-OH is 1. The Hall–Kier alpha value is -4.26. The number of benzene rings is 2. The van der Waals surface area contributed by atoms with Gasteiger partial charge in [-0.15, -0.1) is 0 Å². The smallest absolute Gasteiger partial charge is 0.264 e. The predicted octanol–water partition coefficient (Wildman–Crippen LogP) is 3.10. The van der Waals surface area contributed by atoms with Crippen molar-refractivity contribution in [2.45, 2.75) is 31.5 Å². The van der Waals surface area contributed by atoms with Crippen LogP contribution in [0, 0.1) is 11.6 Å². The highest BCUT2D eigenvalue weighted by atomic mass is 19.2. The molecule has 226 valence electrons. The molecule has 0 radical (unpaired) electrons. The highest BCUT2D eigenvalue weighted by Crippen LogP contribution is 2.20. The first-order valence-electron chi connectivity index (χ1n) is 14.1. The molecular formula is C31H34F2N6O4. The number of pyridine rings is 1. The first kappa shape index (κ1) is 30.2. The minimum absolute atomic E-state index is 0.134. The molecule has 0 spiro atoms. The van der Waals surface area contributed by atoms with Gasteiger partial charge in [-0.25, -0.2) is 13.8 Å². The van der Waals surface area contributed by atoms with E-state index in [1.165, 1.54) is 24.4 Å². The number of fused-ring (bicyclic) bond motifs is 1. The number of rotatable bonds is 11. The van der Waals surface area contributed by atoms with Crippen molar-refractivity contribution in [3.63, 3.8) is 0 Å². The van der Waals surface area contributed by atoms with E-state index in [2.05, 4.69) is 20.5 Å². The van der Waals surface area contributed by atoms with Crippen LogP contribution in [0.15, 0.2) is 65.7 Å². The lowest BCUT2D eigenvalue weighted by Crippen LogP contribution is -2.40. The third-order valence-electron chi connectivity index (χ3n) is 7.67. The summed E-state index contributed by atoms with van der Waals surface area (Å²) < 4.78 is 33.5. The number of hydrogen-bond acceptors (Lipinski definition) is 8. The van der Waals surface area contributed by atoms with E-state index >= 15 is 0 Å². The van der Waals surface area contributed by atoms with Gasteiger partial charge in [-0.1, -0.05) is 12.1 Å². The van der Waals surface area contributed by atoms with Crippen molar-refractivity contribution in [1.29, 1.82) is 0 Å². The minimum Gasteiger partial charge on any atom is -0.394 e. The Bertz CT molecular complexity index is 1640. The zero-order valence-electron chi connectivity index (χ0n) is 23.8. The Kier molecular flexibility index (Phi) is 9.70. The SMILES string of the molecule is COCCN1CCC(Nc2cnc3ccc(CNC(=O)c4cccn([C@@H](CO)c5ccc(F)c(F)c5)c4=O)cc3n2)CC1. The minimum atomic E-state index is -1.10. The lowest BCUT2D eigenvalue weighted by Gasteiger charge is -2.32. The summed E-state index contributed by atoms with van der Waals surface area (Å²) >= 11 is 0. The lowest BCUT2D eigenvalue weighted by molar-refractivity contribution is 0.0948. The molecule has 5 rings (SSSR count). The molecule has 1 saturated heterocycles. The topological polar surface area (TPSA) is 122 Å². The van der Waals surface area contributed by atoms with E-state index in [4.69, 9.17) is 9.72 Å². The number of nitrogens with zero attached hydrogens (tertiary/aromatic N) is 4. The van der Waals surface area contributed by atoms with Crippen molar-refractivity contribution < 1.29 is 23.4 Å². The summed E-state index contributed by atoms with van der Waals surface area (Å²) in [6.45, 7) is 3.21. The van der Waals surface area contributed by atoms with Crippen LogP contribution in [0.3, 0.4) is 0 Å². The van der Waals surface area contributed by atoms with E-state index in [0.29, 0.717) is 22.9 Å². The van der Waals surface area contributed by atoms with Gasteiger partial charge < -0.3 is 29.9 Å². The van der Waals surface area contributed by atoms with Crippen LogP contribution in [0.1, 0.15) is 40.4 Å². The number of amides is 1. The van der Waals surface area contributed by atoms with Crippen LogP contribution in [0.5, 0.6) is 0 Å². The molecule has 3 heterocycles. The maximum atomic E-state index is 13.8. The quantitative estimate of drug-likeness (QED) is 0.243. The molecule has 4 aromatic rings. The number of halogens is 2. The monoisotopic (exact) mass is 592 g/mol. The molecule has 2 aromatic carbocycles. The van der Waals surface area contributed by atoms with Crippen LogP contribution in [0.4, 0.5) is 14.6 Å². The number of methoxy groups -OCH3 is 1. The second-order valence-electron chi connectivity index (χ2n) is 10.5. The van der Waals surface area contributed by atoms with E-state index in [1.807, 2.05) is 18.2 Å². The molecule has 1 fully saturated rings. The first-order valence-corrected chi connectivity index (χ1v) is 14.1. The predicted molar refractivity (Wildman–Crippen MR) is 158 cm³/mol. The number of nitrogens with one attached hydrogen (secondary N) is 2. The molecule has 12 heteroatoms. The summed E-state index contributed by atoms with van der Waals surface area (Å²) in [6, 6.07) is 10.8. The van der Waals surface area contributed by atoms with Gasteiger partial charge >= 0.3 is 0 Å². The number of ether oxygens (including phenoxy) is 1. The fourth-order valence-corrected chi connectivity index (χ4v) is 5.25. The summed E-state index contributed by atoms with van der Waals surface area (Å²) in [7, 11) is 1.71. The number of piperidine rings is 1. The molecule has 0 saturated carbocycles. The van der Waals surface area contributed by atoms with Crippen LogP contribution in [-0.2, 0) is 11.3 Å². The molecule has 0 unspecified atom stereocenters. The average molecular weight is 593 g/mol. The fraction of sp³-hybridized carbons (Fsp3) is 0.355. The Balaban J connectivity index is 1.24. The Morgan fingerprint density at radius 3 is 2.67 bits per heavy atom. The van der Waals surface area contributed by atoms with E-state index in [9.17, 15) is 23.5 Å². The fourth-order valence-electron chi connectivity index (χ4n) is 5.25. The second kappa shape index (κ2) is 13.8. The third kappa shape index (κ3) is 7.22. The second-order valence-corrected chi connectivity index (χ2v) is 10.5. The van der Waals surface area contributed by atoms with Gasteiger partial charge in [0, 0.05) is 45.5 Å². The van der Waals surface area contributed by atoms with Crippen molar-refractivity contribution in [3.8, 4) is 0 Å². The summed E-state index contributed by atoms with van der Waals surface area (Å²) in [5, 5.41) is 16.2. The Morgan fingerprint density at radius 2 is 1.93 bits per heavy atom. The Morgan fingerprint density at radius 1 is 1.12 bits per heavy atom. The first-order chi connectivity index (χ1) is 20.9. The maximum absolute atomic E-state index is 13.8. The molecule has 0 bridgehead atoms. The third-order valence-corrected chi connectivity index (χ3v) is 7.67. The standard InChI is InChI=1S/C31H34F2N6O4/c1-43-14-13-38-11-8-22(9-12-38)36-29-18-34-26-7-4-20(15-27(26)37-29)17-35-30(41)23-3-2-10-39(31(23)42)28(19-40)21-5-6-24(32)25(33)16-21/h2-7,10,15-16,18,22,28,40H,8-9,11-14,17,19H2,1H3,(H,35,41)(H,36,37)/t28-/m0/s1. The molecule has 1 amide bonds. The molecular weight excluding hydrogens is 558 g/mol. The van der Waals surface area contributed by atoms with Gasteiger partial charge in [-0.3, -0.25) is 14.6 Å². The van der Waals surface area contributed by atoms with Gasteiger partial charge in [0.2, 0.25) is 0 Å². The highest BCUT2D eigenvalue weighted by Gasteiger charge is 2.21. The summed E-state index contributed by atoms with van der Waals surface area (Å²) in [5.74, 6) is -2.06. The summed E-state index contributed by atoms with van der Waals surface area (Å²) in [6.07, 6.45) is 5.11. The van der Waals surface area contributed by atoms with Crippen molar-refractivity contribution in [3.05, 3.63) is 99.6 Å². The average Bonchev–Trinajstić information content (AvgIpc) is 3.02.